The van der Waals surface area contributed by atoms with Gasteiger partial charge in [0.2, 0.25) is 0 Å². The van der Waals surface area contributed by atoms with Crippen LogP contribution in [0.1, 0.15) is 45.4 Å². The molecule has 0 aromatic carbocycles. The van der Waals surface area contributed by atoms with Gasteiger partial charge in [0.15, 0.2) is 0 Å². The molecule has 0 heterocycles. The van der Waals surface area contributed by atoms with Gasteiger partial charge < -0.3 is 15.4 Å². The monoisotopic (exact) mass is 228 g/mol. The molecule has 0 aliphatic heterocycles. The first-order valence-electron chi connectivity index (χ1n) is 6.46. The van der Waals surface area contributed by atoms with E-state index in [2.05, 4.69) is 10.6 Å². The second kappa shape index (κ2) is 8.39. The maximum absolute atomic E-state index is 11.2. The Balaban J connectivity index is 1.92. The molecule has 0 unspecified atom stereocenters. The van der Waals surface area contributed by atoms with Gasteiger partial charge >= 0.3 is 6.03 Å². The Labute approximate surface area is 98.1 Å². The SMILES string of the molecule is CCCNC(=O)NCCOC1CCCCC1. The van der Waals surface area contributed by atoms with Gasteiger partial charge in [-0.1, -0.05) is 26.2 Å². The second-order valence-corrected chi connectivity index (χ2v) is 4.31. The van der Waals surface area contributed by atoms with Gasteiger partial charge in [-0.25, -0.2) is 4.79 Å². The van der Waals surface area contributed by atoms with Gasteiger partial charge in [-0.05, 0) is 19.3 Å². The fraction of sp³-hybridized carbons (Fsp3) is 0.917. The van der Waals surface area contributed by atoms with E-state index in [4.69, 9.17) is 4.74 Å². The average Bonchev–Trinajstić information content (AvgIpc) is 2.33. The first-order chi connectivity index (χ1) is 7.83. The molecule has 1 aliphatic rings. The summed E-state index contributed by atoms with van der Waals surface area (Å²) in [7, 11) is 0. The Morgan fingerprint density at radius 2 is 1.88 bits per heavy atom. The fourth-order valence-electron chi connectivity index (χ4n) is 1.92. The summed E-state index contributed by atoms with van der Waals surface area (Å²) in [5.74, 6) is 0. The highest BCUT2D eigenvalue weighted by Crippen LogP contribution is 2.19. The predicted octanol–water partition coefficient (Wildman–Crippen LogP) is 2.04. The van der Waals surface area contributed by atoms with E-state index in [9.17, 15) is 4.79 Å². The van der Waals surface area contributed by atoms with Crippen molar-refractivity contribution in [2.75, 3.05) is 19.7 Å². The predicted molar refractivity (Wildman–Crippen MR) is 64.5 cm³/mol. The molecule has 0 saturated heterocycles. The molecule has 0 aromatic rings. The number of nitrogens with one attached hydrogen (secondary N) is 2. The molecule has 2 amide bonds. The number of rotatable bonds is 6. The number of hydrogen-bond acceptors (Lipinski definition) is 2. The van der Waals surface area contributed by atoms with Crippen LogP contribution in [0.4, 0.5) is 4.79 Å². The van der Waals surface area contributed by atoms with Gasteiger partial charge in [-0.3, -0.25) is 0 Å². The van der Waals surface area contributed by atoms with E-state index in [0.717, 1.165) is 13.0 Å². The van der Waals surface area contributed by atoms with Crippen molar-refractivity contribution in [3.63, 3.8) is 0 Å². The lowest BCUT2D eigenvalue weighted by atomic mass is 9.98. The summed E-state index contributed by atoms with van der Waals surface area (Å²) < 4.78 is 5.70. The first-order valence-corrected chi connectivity index (χ1v) is 6.46. The third kappa shape index (κ3) is 5.95. The Hall–Kier alpha value is -0.770. The molecule has 1 saturated carbocycles. The molecule has 0 spiro atoms. The normalized spacial score (nSPS) is 17.1. The van der Waals surface area contributed by atoms with E-state index >= 15 is 0 Å². The molecule has 1 rings (SSSR count). The zero-order valence-corrected chi connectivity index (χ0v) is 10.3. The van der Waals surface area contributed by atoms with Gasteiger partial charge in [-0.15, -0.1) is 0 Å². The molecule has 2 N–H and O–H groups in total. The molecule has 4 nitrogen and oxygen atoms in total. The van der Waals surface area contributed by atoms with Gasteiger partial charge in [0, 0.05) is 13.1 Å². The standard InChI is InChI=1S/C12H24N2O2/c1-2-8-13-12(15)14-9-10-16-11-6-4-3-5-7-11/h11H,2-10H2,1H3,(H2,13,14,15). The van der Waals surface area contributed by atoms with Crippen molar-refractivity contribution in [2.24, 2.45) is 0 Å². The van der Waals surface area contributed by atoms with Crippen molar-refractivity contribution < 1.29 is 9.53 Å². The molecule has 0 bridgehead atoms. The summed E-state index contributed by atoms with van der Waals surface area (Å²) in [6.07, 6.45) is 7.67. The molecule has 16 heavy (non-hydrogen) atoms. The molecule has 0 atom stereocenters. The number of urea groups is 1. The van der Waals surface area contributed by atoms with Crippen LogP contribution in [0.15, 0.2) is 0 Å². The maximum Gasteiger partial charge on any atom is 0.314 e. The molecule has 0 radical (unpaired) electrons. The van der Waals surface area contributed by atoms with Crippen LogP contribution in [-0.2, 0) is 4.74 Å². The molecule has 4 heteroatoms. The molecular formula is C12H24N2O2. The van der Waals surface area contributed by atoms with Crippen molar-refractivity contribution >= 4 is 6.03 Å². The highest BCUT2D eigenvalue weighted by atomic mass is 16.5. The lowest BCUT2D eigenvalue weighted by Gasteiger charge is -2.21. The van der Waals surface area contributed by atoms with Crippen LogP contribution in [0, 0.1) is 0 Å². The number of amides is 2. The zero-order valence-electron chi connectivity index (χ0n) is 10.3. The molecule has 94 valence electrons. The Kier molecular flexibility index (Phi) is 6.97. The van der Waals surface area contributed by atoms with Crippen LogP contribution in [0.2, 0.25) is 0 Å². The second-order valence-electron chi connectivity index (χ2n) is 4.31. The number of ether oxygens (including phenoxy) is 1. The van der Waals surface area contributed by atoms with E-state index in [1.807, 2.05) is 6.92 Å². The van der Waals surface area contributed by atoms with Crippen molar-refractivity contribution in [2.45, 2.75) is 51.6 Å². The quantitative estimate of drug-likeness (QED) is 0.684. The summed E-state index contributed by atoms with van der Waals surface area (Å²) >= 11 is 0. The largest absolute Gasteiger partial charge is 0.376 e. The smallest absolute Gasteiger partial charge is 0.314 e. The van der Waals surface area contributed by atoms with Crippen molar-refractivity contribution in [1.82, 2.24) is 10.6 Å². The van der Waals surface area contributed by atoms with Gasteiger partial charge in [0.05, 0.1) is 12.7 Å². The Morgan fingerprint density at radius 3 is 2.56 bits per heavy atom. The van der Waals surface area contributed by atoms with E-state index < -0.39 is 0 Å². The lowest BCUT2D eigenvalue weighted by molar-refractivity contribution is 0.0311. The topological polar surface area (TPSA) is 50.4 Å². The molecule has 1 aliphatic carbocycles. The Morgan fingerprint density at radius 1 is 1.19 bits per heavy atom. The minimum atomic E-state index is -0.0888. The highest BCUT2D eigenvalue weighted by Gasteiger charge is 2.13. The van der Waals surface area contributed by atoms with E-state index in [-0.39, 0.29) is 6.03 Å². The summed E-state index contributed by atoms with van der Waals surface area (Å²) in [6, 6.07) is -0.0888. The number of carbonyl (C=O) groups is 1. The van der Waals surface area contributed by atoms with E-state index in [1.54, 1.807) is 0 Å². The minimum Gasteiger partial charge on any atom is -0.376 e. The summed E-state index contributed by atoms with van der Waals surface area (Å²) in [4.78, 5) is 11.2. The fourth-order valence-corrected chi connectivity index (χ4v) is 1.92. The summed E-state index contributed by atoms with van der Waals surface area (Å²) in [6.45, 7) is 4.00. The van der Waals surface area contributed by atoms with Gasteiger partial charge in [0.25, 0.3) is 0 Å². The maximum atomic E-state index is 11.2. The highest BCUT2D eigenvalue weighted by molar-refractivity contribution is 5.73. The van der Waals surface area contributed by atoms with Crippen LogP contribution in [-0.4, -0.2) is 31.8 Å². The van der Waals surface area contributed by atoms with Gasteiger partial charge in [-0.2, -0.15) is 0 Å². The molecular weight excluding hydrogens is 204 g/mol. The zero-order chi connectivity index (χ0) is 11.6. The number of carbonyl (C=O) groups excluding carboxylic acids is 1. The van der Waals surface area contributed by atoms with E-state index in [1.165, 1.54) is 32.1 Å². The Bertz CT molecular complexity index is 191. The van der Waals surface area contributed by atoms with Crippen LogP contribution in [0.3, 0.4) is 0 Å². The molecule has 1 fully saturated rings. The van der Waals surface area contributed by atoms with Gasteiger partial charge in [0.1, 0.15) is 0 Å². The number of hydrogen-bond donors (Lipinski definition) is 2. The van der Waals surface area contributed by atoms with Crippen molar-refractivity contribution in [1.29, 1.82) is 0 Å². The van der Waals surface area contributed by atoms with Crippen LogP contribution in [0.25, 0.3) is 0 Å². The van der Waals surface area contributed by atoms with E-state index in [0.29, 0.717) is 19.3 Å². The summed E-state index contributed by atoms with van der Waals surface area (Å²) in [5.41, 5.74) is 0. The van der Waals surface area contributed by atoms with Crippen LogP contribution < -0.4 is 10.6 Å². The van der Waals surface area contributed by atoms with Crippen LogP contribution in [0.5, 0.6) is 0 Å². The summed E-state index contributed by atoms with van der Waals surface area (Å²) in [5, 5.41) is 5.55. The lowest BCUT2D eigenvalue weighted by Crippen LogP contribution is -2.38. The third-order valence-corrected chi connectivity index (χ3v) is 2.83. The molecule has 0 aromatic heterocycles. The van der Waals surface area contributed by atoms with Crippen LogP contribution >= 0.6 is 0 Å². The minimum absolute atomic E-state index is 0.0888. The van der Waals surface area contributed by atoms with Crippen molar-refractivity contribution in [3.05, 3.63) is 0 Å². The van der Waals surface area contributed by atoms with Crippen molar-refractivity contribution in [3.8, 4) is 0 Å². The third-order valence-electron chi connectivity index (χ3n) is 2.83. The average molecular weight is 228 g/mol. The first kappa shape index (κ1) is 13.3.